The summed E-state index contributed by atoms with van der Waals surface area (Å²) in [6.45, 7) is 4.28. The SMILES string of the molecule is CC(C)c1ccc(NC(=O)Nc2ccccc2Br)cc1. The molecular formula is C16H17BrN2O. The number of urea groups is 1. The van der Waals surface area contributed by atoms with Crippen LogP contribution in [0.3, 0.4) is 0 Å². The summed E-state index contributed by atoms with van der Waals surface area (Å²) in [5.74, 6) is 0.484. The van der Waals surface area contributed by atoms with Crippen molar-refractivity contribution < 1.29 is 4.79 Å². The van der Waals surface area contributed by atoms with Gasteiger partial charge in [-0.1, -0.05) is 38.1 Å². The summed E-state index contributed by atoms with van der Waals surface area (Å²) >= 11 is 3.39. The normalized spacial score (nSPS) is 10.4. The van der Waals surface area contributed by atoms with E-state index in [0.717, 1.165) is 15.8 Å². The Kier molecular flexibility index (Phi) is 4.79. The van der Waals surface area contributed by atoms with Crippen molar-refractivity contribution in [2.45, 2.75) is 19.8 Å². The summed E-state index contributed by atoms with van der Waals surface area (Å²) in [4.78, 5) is 11.9. The average Bonchev–Trinajstić information content (AvgIpc) is 2.42. The Morgan fingerprint density at radius 2 is 1.65 bits per heavy atom. The second kappa shape index (κ2) is 6.57. The van der Waals surface area contributed by atoms with Gasteiger partial charge in [0.15, 0.2) is 0 Å². The second-order valence-corrected chi connectivity index (χ2v) is 5.69. The molecule has 0 atom stereocenters. The largest absolute Gasteiger partial charge is 0.323 e. The zero-order valence-electron chi connectivity index (χ0n) is 11.5. The number of rotatable bonds is 3. The fraction of sp³-hybridized carbons (Fsp3) is 0.188. The van der Waals surface area contributed by atoms with Gasteiger partial charge in [-0.3, -0.25) is 0 Å². The molecule has 0 saturated carbocycles. The average molecular weight is 333 g/mol. The lowest BCUT2D eigenvalue weighted by molar-refractivity contribution is 0.262. The summed E-state index contributed by atoms with van der Waals surface area (Å²) in [6, 6.07) is 15.1. The number of halogens is 1. The standard InChI is InChI=1S/C16H17BrN2O/c1-11(2)12-7-9-13(10-8-12)18-16(20)19-15-6-4-3-5-14(15)17/h3-11H,1-2H3,(H2,18,19,20). The van der Waals surface area contributed by atoms with Gasteiger partial charge in [0.1, 0.15) is 0 Å². The summed E-state index contributed by atoms with van der Waals surface area (Å²) in [7, 11) is 0. The molecule has 2 aromatic rings. The van der Waals surface area contributed by atoms with Crippen molar-refractivity contribution in [3.8, 4) is 0 Å². The van der Waals surface area contributed by atoms with Gasteiger partial charge in [-0.05, 0) is 51.7 Å². The highest BCUT2D eigenvalue weighted by Crippen LogP contribution is 2.22. The molecule has 0 spiro atoms. The first-order chi connectivity index (χ1) is 9.56. The Labute approximate surface area is 127 Å². The molecule has 0 aromatic heterocycles. The molecular weight excluding hydrogens is 316 g/mol. The molecule has 0 radical (unpaired) electrons. The molecule has 20 heavy (non-hydrogen) atoms. The van der Waals surface area contributed by atoms with Crippen LogP contribution in [0, 0.1) is 0 Å². The van der Waals surface area contributed by atoms with Crippen LogP contribution in [-0.4, -0.2) is 6.03 Å². The van der Waals surface area contributed by atoms with Gasteiger partial charge in [-0.15, -0.1) is 0 Å². The minimum Gasteiger partial charge on any atom is -0.308 e. The van der Waals surface area contributed by atoms with Gasteiger partial charge in [-0.2, -0.15) is 0 Å². The topological polar surface area (TPSA) is 41.1 Å². The summed E-state index contributed by atoms with van der Waals surface area (Å²) in [5.41, 5.74) is 2.77. The maximum atomic E-state index is 11.9. The van der Waals surface area contributed by atoms with Crippen molar-refractivity contribution in [2.75, 3.05) is 10.6 Å². The van der Waals surface area contributed by atoms with Crippen molar-refractivity contribution in [1.82, 2.24) is 0 Å². The van der Waals surface area contributed by atoms with E-state index in [0.29, 0.717) is 5.92 Å². The zero-order chi connectivity index (χ0) is 14.5. The Bertz CT molecular complexity index is 594. The number of amides is 2. The van der Waals surface area contributed by atoms with Gasteiger partial charge < -0.3 is 10.6 Å². The molecule has 0 saturated heterocycles. The van der Waals surface area contributed by atoms with E-state index in [1.807, 2.05) is 48.5 Å². The number of hydrogen-bond acceptors (Lipinski definition) is 1. The molecule has 0 fully saturated rings. The predicted molar refractivity (Wildman–Crippen MR) is 87.3 cm³/mol. The van der Waals surface area contributed by atoms with Crippen molar-refractivity contribution in [3.05, 3.63) is 58.6 Å². The van der Waals surface area contributed by atoms with Gasteiger partial charge >= 0.3 is 6.03 Å². The first-order valence-electron chi connectivity index (χ1n) is 6.49. The summed E-state index contributed by atoms with van der Waals surface area (Å²) < 4.78 is 0.852. The number of hydrogen-bond donors (Lipinski definition) is 2. The molecule has 0 aliphatic carbocycles. The molecule has 0 unspecified atom stereocenters. The van der Waals surface area contributed by atoms with Crippen LogP contribution in [0.1, 0.15) is 25.3 Å². The van der Waals surface area contributed by atoms with Crippen LogP contribution < -0.4 is 10.6 Å². The Morgan fingerprint density at radius 1 is 1.00 bits per heavy atom. The summed E-state index contributed by atoms with van der Waals surface area (Å²) in [5, 5.41) is 5.61. The van der Waals surface area contributed by atoms with E-state index in [-0.39, 0.29) is 6.03 Å². The molecule has 4 heteroatoms. The quantitative estimate of drug-likeness (QED) is 0.795. The summed E-state index contributed by atoms with van der Waals surface area (Å²) in [6.07, 6.45) is 0. The van der Waals surface area contributed by atoms with Crippen LogP contribution in [0.4, 0.5) is 16.2 Å². The fourth-order valence-corrected chi connectivity index (χ4v) is 2.18. The zero-order valence-corrected chi connectivity index (χ0v) is 13.1. The number of benzene rings is 2. The lowest BCUT2D eigenvalue weighted by Gasteiger charge is -2.10. The van der Waals surface area contributed by atoms with Gasteiger partial charge in [0.05, 0.1) is 5.69 Å². The molecule has 0 heterocycles. The molecule has 2 rings (SSSR count). The van der Waals surface area contributed by atoms with E-state index < -0.39 is 0 Å². The molecule has 104 valence electrons. The smallest absolute Gasteiger partial charge is 0.308 e. The Balaban J connectivity index is 1.99. The third-order valence-corrected chi connectivity index (χ3v) is 3.65. The van der Waals surface area contributed by atoms with E-state index in [9.17, 15) is 4.79 Å². The monoisotopic (exact) mass is 332 g/mol. The van der Waals surface area contributed by atoms with Crippen LogP contribution in [0.15, 0.2) is 53.0 Å². The Morgan fingerprint density at radius 3 is 2.25 bits per heavy atom. The number of carbonyl (C=O) groups is 1. The van der Waals surface area contributed by atoms with E-state index >= 15 is 0 Å². The van der Waals surface area contributed by atoms with Crippen LogP contribution in [0.25, 0.3) is 0 Å². The van der Waals surface area contributed by atoms with Gasteiger partial charge in [0.2, 0.25) is 0 Å². The minimum atomic E-state index is -0.255. The maximum Gasteiger partial charge on any atom is 0.323 e. The van der Waals surface area contributed by atoms with Crippen molar-refractivity contribution in [2.24, 2.45) is 0 Å². The van der Waals surface area contributed by atoms with Gasteiger partial charge in [0, 0.05) is 10.2 Å². The lowest BCUT2D eigenvalue weighted by Crippen LogP contribution is -2.19. The highest BCUT2D eigenvalue weighted by atomic mass is 79.9. The van der Waals surface area contributed by atoms with Gasteiger partial charge in [0.25, 0.3) is 0 Å². The van der Waals surface area contributed by atoms with Crippen LogP contribution in [0.2, 0.25) is 0 Å². The Hall–Kier alpha value is -1.81. The number of carbonyl (C=O) groups excluding carboxylic acids is 1. The fourth-order valence-electron chi connectivity index (χ4n) is 1.80. The number of anilines is 2. The van der Waals surface area contributed by atoms with E-state index in [1.165, 1.54) is 5.56 Å². The number of para-hydroxylation sites is 1. The van der Waals surface area contributed by atoms with Crippen LogP contribution in [0.5, 0.6) is 0 Å². The minimum absolute atomic E-state index is 0.255. The number of nitrogens with one attached hydrogen (secondary N) is 2. The third-order valence-electron chi connectivity index (χ3n) is 2.96. The highest BCUT2D eigenvalue weighted by Gasteiger charge is 2.05. The van der Waals surface area contributed by atoms with E-state index in [2.05, 4.69) is 40.4 Å². The molecule has 0 aliphatic rings. The molecule has 3 nitrogen and oxygen atoms in total. The van der Waals surface area contributed by atoms with Crippen LogP contribution in [-0.2, 0) is 0 Å². The van der Waals surface area contributed by atoms with E-state index in [1.54, 1.807) is 0 Å². The molecule has 2 amide bonds. The lowest BCUT2D eigenvalue weighted by atomic mass is 10.0. The molecule has 0 bridgehead atoms. The van der Waals surface area contributed by atoms with Gasteiger partial charge in [-0.25, -0.2) is 4.79 Å². The first-order valence-corrected chi connectivity index (χ1v) is 7.28. The van der Waals surface area contributed by atoms with Crippen molar-refractivity contribution in [3.63, 3.8) is 0 Å². The predicted octanol–water partition coefficient (Wildman–Crippen LogP) is 5.22. The van der Waals surface area contributed by atoms with E-state index in [4.69, 9.17) is 0 Å². The first kappa shape index (κ1) is 14.6. The maximum absolute atomic E-state index is 11.9. The van der Waals surface area contributed by atoms with Crippen LogP contribution >= 0.6 is 15.9 Å². The second-order valence-electron chi connectivity index (χ2n) is 4.84. The molecule has 2 aromatic carbocycles. The molecule has 0 aliphatic heterocycles. The third kappa shape index (κ3) is 3.84. The van der Waals surface area contributed by atoms with Crippen molar-refractivity contribution >= 4 is 33.3 Å². The highest BCUT2D eigenvalue weighted by molar-refractivity contribution is 9.10. The van der Waals surface area contributed by atoms with Crippen molar-refractivity contribution in [1.29, 1.82) is 0 Å². The molecule has 2 N–H and O–H groups in total.